The van der Waals surface area contributed by atoms with Crippen LogP contribution in [-0.2, 0) is 18.4 Å². The summed E-state index contributed by atoms with van der Waals surface area (Å²) in [7, 11) is 1.86. The second kappa shape index (κ2) is 4.02. The number of rotatable bonds is 5. The summed E-state index contributed by atoms with van der Waals surface area (Å²) in [5, 5.41) is 13.0. The molecule has 0 atom stereocenters. The summed E-state index contributed by atoms with van der Waals surface area (Å²) in [5.41, 5.74) is 0.936. The van der Waals surface area contributed by atoms with Gasteiger partial charge < -0.3 is 5.11 Å². The van der Waals surface area contributed by atoms with Gasteiger partial charge in [-0.05, 0) is 18.9 Å². The molecule has 2 rings (SSSR count). The summed E-state index contributed by atoms with van der Waals surface area (Å²) in [6, 6.07) is 2.38. The van der Waals surface area contributed by atoms with Gasteiger partial charge in [-0.3, -0.25) is 14.4 Å². The zero-order valence-corrected chi connectivity index (χ0v) is 8.76. The van der Waals surface area contributed by atoms with Crippen molar-refractivity contribution in [1.29, 1.82) is 0 Å². The Hall–Kier alpha value is -1.36. The Morgan fingerprint density at radius 2 is 2.47 bits per heavy atom. The van der Waals surface area contributed by atoms with E-state index in [2.05, 4.69) is 5.10 Å². The van der Waals surface area contributed by atoms with E-state index in [1.165, 1.54) is 0 Å². The zero-order chi connectivity index (χ0) is 10.8. The minimum absolute atomic E-state index is 0.112. The lowest BCUT2D eigenvalue weighted by Gasteiger charge is -2.17. The van der Waals surface area contributed by atoms with E-state index in [4.69, 9.17) is 5.11 Å². The van der Waals surface area contributed by atoms with Gasteiger partial charge in [0, 0.05) is 25.8 Å². The smallest absolute Gasteiger partial charge is 0.317 e. The van der Waals surface area contributed by atoms with Crippen LogP contribution in [0.2, 0.25) is 0 Å². The average Bonchev–Trinajstić information content (AvgIpc) is 2.90. The summed E-state index contributed by atoms with van der Waals surface area (Å²) in [5.74, 6) is -0.766. The van der Waals surface area contributed by atoms with E-state index in [1.54, 1.807) is 4.68 Å². The van der Waals surface area contributed by atoms with Gasteiger partial charge in [0.1, 0.15) is 0 Å². The molecule has 0 amide bonds. The Bertz CT molecular complexity index is 357. The molecule has 0 spiro atoms. The molecule has 1 aromatic heterocycles. The Kier molecular flexibility index (Phi) is 2.73. The second-order valence-electron chi connectivity index (χ2n) is 4.01. The normalized spacial score (nSPS) is 15.9. The van der Waals surface area contributed by atoms with E-state index in [0.717, 1.165) is 18.5 Å². The van der Waals surface area contributed by atoms with Gasteiger partial charge in [-0.15, -0.1) is 0 Å². The van der Waals surface area contributed by atoms with Crippen molar-refractivity contribution >= 4 is 5.97 Å². The number of aliphatic carboxylic acids is 1. The fraction of sp³-hybridized carbons (Fsp3) is 0.600. The molecule has 5 heteroatoms. The molecule has 1 aliphatic carbocycles. The van der Waals surface area contributed by atoms with Crippen LogP contribution in [-0.4, -0.2) is 38.3 Å². The van der Waals surface area contributed by atoms with E-state index < -0.39 is 5.97 Å². The largest absolute Gasteiger partial charge is 0.480 e. The maximum atomic E-state index is 10.7. The van der Waals surface area contributed by atoms with Crippen molar-refractivity contribution in [3.63, 3.8) is 0 Å². The second-order valence-corrected chi connectivity index (χ2v) is 4.01. The highest BCUT2D eigenvalue weighted by molar-refractivity contribution is 5.69. The molecule has 0 saturated heterocycles. The topological polar surface area (TPSA) is 58.4 Å². The molecule has 1 N–H and O–H groups in total. The molecular weight excluding hydrogens is 194 g/mol. The molecule has 82 valence electrons. The van der Waals surface area contributed by atoms with Gasteiger partial charge >= 0.3 is 5.97 Å². The van der Waals surface area contributed by atoms with Crippen LogP contribution in [0, 0.1) is 0 Å². The van der Waals surface area contributed by atoms with Crippen molar-refractivity contribution in [1.82, 2.24) is 14.7 Å². The van der Waals surface area contributed by atoms with Crippen LogP contribution in [0.25, 0.3) is 0 Å². The van der Waals surface area contributed by atoms with E-state index in [-0.39, 0.29) is 6.54 Å². The van der Waals surface area contributed by atoms with Crippen LogP contribution in [0.3, 0.4) is 0 Å². The number of hydrogen-bond acceptors (Lipinski definition) is 3. The highest BCUT2D eigenvalue weighted by Crippen LogP contribution is 2.27. The Balaban J connectivity index is 1.96. The lowest BCUT2D eigenvalue weighted by molar-refractivity contribution is -0.138. The Morgan fingerprint density at radius 3 is 2.93 bits per heavy atom. The highest BCUT2D eigenvalue weighted by atomic mass is 16.4. The predicted octanol–water partition coefficient (Wildman–Crippen LogP) is 0.469. The number of hydrogen-bond donors (Lipinski definition) is 1. The van der Waals surface area contributed by atoms with Gasteiger partial charge in [0.25, 0.3) is 0 Å². The average molecular weight is 209 g/mol. The number of aryl methyl sites for hydroxylation is 1. The molecule has 1 fully saturated rings. The number of nitrogens with zero attached hydrogens (tertiary/aromatic N) is 3. The van der Waals surface area contributed by atoms with Crippen molar-refractivity contribution < 1.29 is 9.90 Å². The van der Waals surface area contributed by atoms with Crippen LogP contribution >= 0.6 is 0 Å². The summed E-state index contributed by atoms with van der Waals surface area (Å²) < 4.78 is 1.74. The van der Waals surface area contributed by atoms with E-state index in [1.807, 2.05) is 24.2 Å². The third-order valence-corrected chi connectivity index (χ3v) is 2.54. The third-order valence-electron chi connectivity index (χ3n) is 2.54. The van der Waals surface area contributed by atoms with E-state index in [0.29, 0.717) is 12.6 Å². The molecule has 1 heterocycles. The number of carbonyl (C=O) groups is 1. The minimum atomic E-state index is -0.766. The van der Waals surface area contributed by atoms with Crippen LogP contribution in [0.1, 0.15) is 18.5 Å². The maximum Gasteiger partial charge on any atom is 0.317 e. The van der Waals surface area contributed by atoms with Crippen molar-refractivity contribution in [2.45, 2.75) is 25.4 Å². The molecule has 0 bridgehead atoms. The molecule has 0 unspecified atom stereocenters. The Labute approximate surface area is 88.3 Å². The van der Waals surface area contributed by atoms with Gasteiger partial charge in [-0.2, -0.15) is 5.10 Å². The lowest BCUT2D eigenvalue weighted by atomic mass is 10.3. The molecule has 1 aromatic rings. The fourth-order valence-corrected chi connectivity index (χ4v) is 1.68. The first-order chi connectivity index (χ1) is 7.15. The van der Waals surface area contributed by atoms with Crippen molar-refractivity contribution in [2.75, 3.05) is 6.54 Å². The van der Waals surface area contributed by atoms with Gasteiger partial charge in [-0.1, -0.05) is 0 Å². The monoisotopic (exact) mass is 209 g/mol. The molecule has 0 aliphatic heterocycles. The minimum Gasteiger partial charge on any atom is -0.480 e. The molecule has 1 saturated carbocycles. The van der Waals surface area contributed by atoms with Crippen molar-refractivity contribution in [3.05, 3.63) is 18.0 Å². The van der Waals surface area contributed by atoms with Gasteiger partial charge in [-0.25, -0.2) is 0 Å². The van der Waals surface area contributed by atoms with E-state index in [9.17, 15) is 4.79 Å². The quantitative estimate of drug-likeness (QED) is 0.765. The van der Waals surface area contributed by atoms with Crippen LogP contribution in [0.4, 0.5) is 0 Å². The van der Waals surface area contributed by atoms with Crippen LogP contribution in [0.15, 0.2) is 12.3 Å². The zero-order valence-electron chi connectivity index (χ0n) is 8.76. The van der Waals surface area contributed by atoms with Crippen molar-refractivity contribution in [2.24, 2.45) is 7.05 Å². The molecular formula is C10H15N3O2. The molecule has 15 heavy (non-hydrogen) atoms. The molecule has 0 radical (unpaired) electrons. The van der Waals surface area contributed by atoms with E-state index >= 15 is 0 Å². The third kappa shape index (κ3) is 2.79. The fourth-order valence-electron chi connectivity index (χ4n) is 1.68. The highest BCUT2D eigenvalue weighted by Gasteiger charge is 2.30. The molecule has 0 aromatic carbocycles. The number of aromatic nitrogens is 2. The van der Waals surface area contributed by atoms with Gasteiger partial charge in [0.05, 0.1) is 12.2 Å². The first kappa shape index (κ1) is 10.2. The summed E-state index contributed by atoms with van der Waals surface area (Å²) in [4.78, 5) is 12.6. The first-order valence-electron chi connectivity index (χ1n) is 5.09. The van der Waals surface area contributed by atoms with Crippen molar-refractivity contribution in [3.8, 4) is 0 Å². The predicted molar refractivity (Wildman–Crippen MR) is 54.3 cm³/mol. The number of carboxylic acid groups (broad SMARTS) is 1. The SMILES string of the molecule is Cn1ccc(CN(CC(=O)O)C2CC2)n1. The number of carboxylic acids is 1. The van der Waals surface area contributed by atoms with Gasteiger partial charge in [0.15, 0.2) is 0 Å². The first-order valence-corrected chi connectivity index (χ1v) is 5.09. The molecule has 5 nitrogen and oxygen atoms in total. The molecule has 1 aliphatic rings. The Morgan fingerprint density at radius 1 is 1.73 bits per heavy atom. The van der Waals surface area contributed by atoms with Crippen LogP contribution < -0.4 is 0 Å². The maximum absolute atomic E-state index is 10.7. The summed E-state index contributed by atoms with van der Waals surface area (Å²) in [6.07, 6.45) is 4.10. The standard InChI is InChI=1S/C10H15N3O2/c1-12-5-4-8(11-12)6-13(7-10(14)15)9-2-3-9/h4-5,9H,2-3,6-7H2,1H3,(H,14,15). The lowest BCUT2D eigenvalue weighted by Crippen LogP contribution is -2.31. The van der Waals surface area contributed by atoms with Crippen LogP contribution in [0.5, 0.6) is 0 Å². The summed E-state index contributed by atoms with van der Waals surface area (Å²) in [6.45, 7) is 0.749. The van der Waals surface area contributed by atoms with Gasteiger partial charge in [0.2, 0.25) is 0 Å². The summed E-state index contributed by atoms with van der Waals surface area (Å²) >= 11 is 0.